The van der Waals surface area contributed by atoms with Gasteiger partial charge < -0.3 is 29.9 Å². The number of amides is 4. The van der Waals surface area contributed by atoms with Gasteiger partial charge in [-0.2, -0.15) is 26.3 Å². The van der Waals surface area contributed by atoms with Crippen molar-refractivity contribution in [1.29, 1.82) is 0 Å². The summed E-state index contributed by atoms with van der Waals surface area (Å²) in [6, 6.07) is 16.8. The predicted octanol–water partition coefficient (Wildman–Crippen LogP) is 10.3. The first-order valence-electron chi connectivity index (χ1n) is 22.2. The number of alkyl halides is 6. The predicted molar refractivity (Wildman–Crippen MR) is 245 cm³/mol. The van der Waals surface area contributed by atoms with Gasteiger partial charge in [0.15, 0.2) is 0 Å². The standard InChI is InChI=1S/C50H52F6N4O6S/c1-3-65-37-15-7-5-13-35(37)45-33(21-25-41(61)57-27-11-31-59-29-9-17-43(59)63)19-23-39(47(45)49(51,52)53)67-40-24-20-34(22-26-42(62)58-28-12-32-60-30-10-18-44(60)64)46(48(40)50(54,55)56)36-14-6-8-16-38(36)66-4-2/h5-8,13-16,19-26H,3-4,9-12,17-18,27-32H2,1-2H3,(H,57,61)(H,58,62)/b25-21+,26-22+. The molecule has 2 aliphatic rings. The molecule has 2 fully saturated rings. The Morgan fingerprint density at radius 3 is 1.39 bits per heavy atom. The summed E-state index contributed by atoms with van der Waals surface area (Å²) in [6.45, 7) is 6.10. The molecule has 0 unspecified atom stereocenters. The number of benzene rings is 4. The molecule has 2 heterocycles. The quantitative estimate of drug-likeness (QED) is 0.0515. The molecule has 0 atom stereocenters. The molecule has 10 nitrogen and oxygen atoms in total. The molecule has 4 amide bonds. The van der Waals surface area contributed by atoms with Crippen molar-refractivity contribution in [3.05, 3.63) is 107 Å². The molecular formula is C50H52F6N4O6S. The fourth-order valence-corrected chi connectivity index (χ4v) is 9.26. The molecule has 67 heavy (non-hydrogen) atoms. The monoisotopic (exact) mass is 950 g/mol. The van der Waals surface area contributed by atoms with Crippen molar-refractivity contribution in [1.82, 2.24) is 20.4 Å². The van der Waals surface area contributed by atoms with E-state index in [4.69, 9.17) is 9.47 Å². The largest absolute Gasteiger partial charge is 0.493 e. The highest BCUT2D eigenvalue weighted by Crippen LogP contribution is 2.52. The third-order valence-corrected chi connectivity index (χ3v) is 12.2. The van der Waals surface area contributed by atoms with E-state index in [1.54, 1.807) is 35.8 Å². The van der Waals surface area contributed by atoms with Crippen LogP contribution < -0.4 is 20.1 Å². The molecular weight excluding hydrogens is 899 g/mol. The lowest BCUT2D eigenvalue weighted by Crippen LogP contribution is -2.29. The number of carbonyl (C=O) groups is 4. The minimum atomic E-state index is -5.14. The van der Waals surface area contributed by atoms with Crippen LogP contribution in [0.25, 0.3) is 34.4 Å². The summed E-state index contributed by atoms with van der Waals surface area (Å²) in [7, 11) is 0. The maximum Gasteiger partial charge on any atom is 0.418 e. The van der Waals surface area contributed by atoms with Crippen LogP contribution in [0.3, 0.4) is 0 Å². The second-order valence-corrected chi connectivity index (χ2v) is 16.8. The van der Waals surface area contributed by atoms with Crippen LogP contribution in [0.4, 0.5) is 26.3 Å². The van der Waals surface area contributed by atoms with Crippen molar-refractivity contribution < 1.29 is 55.0 Å². The van der Waals surface area contributed by atoms with Crippen LogP contribution in [0, 0.1) is 0 Å². The van der Waals surface area contributed by atoms with Crippen LogP contribution in [0.1, 0.15) is 74.6 Å². The zero-order chi connectivity index (χ0) is 48.1. The second-order valence-electron chi connectivity index (χ2n) is 15.7. The second kappa shape index (κ2) is 23.0. The van der Waals surface area contributed by atoms with E-state index in [1.165, 1.54) is 60.7 Å². The van der Waals surface area contributed by atoms with Gasteiger partial charge in [-0.3, -0.25) is 19.2 Å². The Balaban J connectivity index is 1.41. The number of likely N-dealkylation sites (tertiary alicyclic amines) is 2. The number of nitrogens with zero attached hydrogens (tertiary/aromatic N) is 2. The molecule has 0 bridgehead atoms. The molecule has 2 saturated heterocycles. The van der Waals surface area contributed by atoms with Gasteiger partial charge in [-0.05, 0) is 87.1 Å². The number of nitrogens with one attached hydrogen (secondary N) is 2. The third-order valence-electron chi connectivity index (χ3n) is 11.1. The summed E-state index contributed by atoms with van der Waals surface area (Å²) in [4.78, 5) is 52.2. The van der Waals surface area contributed by atoms with E-state index in [2.05, 4.69) is 10.6 Å². The molecule has 4 aromatic carbocycles. The lowest BCUT2D eigenvalue weighted by atomic mass is 9.92. The van der Waals surface area contributed by atoms with Crippen LogP contribution in [-0.2, 0) is 31.5 Å². The van der Waals surface area contributed by atoms with Crippen LogP contribution in [0.2, 0.25) is 0 Å². The minimum absolute atomic E-state index is 0.000125. The van der Waals surface area contributed by atoms with Gasteiger partial charge in [0, 0.05) is 96.3 Å². The van der Waals surface area contributed by atoms with Crippen molar-refractivity contribution in [3.63, 3.8) is 0 Å². The summed E-state index contributed by atoms with van der Waals surface area (Å²) in [5.74, 6) is -0.939. The fourth-order valence-electron chi connectivity index (χ4n) is 8.11. The van der Waals surface area contributed by atoms with Crippen LogP contribution in [0.15, 0.2) is 94.7 Å². The molecule has 2 aliphatic heterocycles. The topological polar surface area (TPSA) is 117 Å². The first-order valence-corrected chi connectivity index (χ1v) is 23.0. The fraction of sp³-hybridized carbons (Fsp3) is 0.360. The summed E-state index contributed by atoms with van der Waals surface area (Å²) in [6.07, 6.45) is -2.23. The normalized spacial score (nSPS) is 14.4. The molecule has 0 saturated carbocycles. The van der Waals surface area contributed by atoms with Crippen molar-refractivity contribution >= 4 is 47.5 Å². The maximum atomic E-state index is 15.7. The number of rotatable bonds is 20. The lowest BCUT2D eigenvalue weighted by Gasteiger charge is -2.24. The van der Waals surface area contributed by atoms with Gasteiger partial charge in [-0.25, -0.2) is 0 Å². The molecule has 356 valence electrons. The Kier molecular flexibility index (Phi) is 17.2. The molecule has 17 heteroatoms. The van der Waals surface area contributed by atoms with E-state index in [9.17, 15) is 19.2 Å². The van der Waals surface area contributed by atoms with E-state index >= 15 is 26.3 Å². The maximum absolute atomic E-state index is 15.7. The number of ether oxygens (including phenoxy) is 2. The van der Waals surface area contributed by atoms with E-state index < -0.39 is 56.2 Å². The Morgan fingerprint density at radius 1 is 0.627 bits per heavy atom. The van der Waals surface area contributed by atoms with Crippen molar-refractivity contribution in [2.45, 2.75) is 74.5 Å². The van der Waals surface area contributed by atoms with Crippen LogP contribution in [-0.4, -0.2) is 85.9 Å². The average Bonchev–Trinajstić information content (AvgIpc) is 3.91. The summed E-state index contributed by atoms with van der Waals surface area (Å²) in [5.41, 5.74) is -3.42. The molecule has 2 N–H and O–H groups in total. The number of halogens is 6. The zero-order valence-electron chi connectivity index (χ0n) is 37.2. The number of carbonyl (C=O) groups excluding carboxylic acids is 4. The van der Waals surface area contributed by atoms with Gasteiger partial charge in [0.25, 0.3) is 0 Å². The van der Waals surface area contributed by atoms with E-state index in [-0.39, 0.29) is 83.6 Å². The Hall–Kier alpha value is -6.23. The third kappa shape index (κ3) is 13.0. The Morgan fingerprint density at radius 2 is 1.03 bits per heavy atom. The van der Waals surface area contributed by atoms with E-state index in [0.29, 0.717) is 51.9 Å². The smallest absolute Gasteiger partial charge is 0.418 e. The van der Waals surface area contributed by atoms with E-state index in [0.717, 1.165) is 37.1 Å². The highest BCUT2D eigenvalue weighted by atomic mass is 32.2. The molecule has 0 aliphatic carbocycles. The lowest BCUT2D eigenvalue weighted by molar-refractivity contribution is -0.139. The first kappa shape index (κ1) is 50.2. The molecule has 6 rings (SSSR count). The van der Waals surface area contributed by atoms with E-state index in [1.807, 2.05) is 0 Å². The minimum Gasteiger partial charge on any atom is -0.493 e. The summed E-state index contributed by atoms with van der Waals surface area (Å²) in [5, 5.41) is 5.39. The first-order chi connectivity index (χ1) is 32.1. The van der Waals surface area contributed by atoms with Crippen molar-refractivity contribution in [3.8, 4) is 33.8 Å². The molecule has 0 aromatic heterocycles. The Labute approximate surface area is 389 Å². The molecule has 0 spiro atoms. The zero-order valence-corrected chi connectivity index (χ0v) is 38.0. The van der Waals surface area contributed by atoms with Crippen molar-refractivity contribution in [2.75, 3.05) is 52.5 Å². The molecule has 4 aromatic rings. The number of hydrogen-bond acceptors (Lipinski definition) is 7. The Bertz CT molecular complexity index is 2320. The number of para-hydroxylation sites is 2. The van der Waals surface area contributed by atoms with Gasteiger partial charge in [0.1, 0.15) is 11.5 Å². The van der Waals surface area contributed by atoms with Gasteiger partial charge in [-0.15, -0.1) is 0 Å². The SMILES string of the molecule is CCOc1ccccc1-c1c(/C=C/C(=O)NCCCN2CCCC2=O)ccc(Sc2ccc(/C=C/C(=O)NCCCN3CCCC3=O)c(-c3ccccc3OCC)c2C(F)(F)F)c1C(F)(F)F. The van der Waals surface area contributed by atoms with Gasteiger partial charge in [-0.1, -0.05) is 60.3 Å². The average molecular weight is 951 g/mol. The van der Waals surface area contributed by atoms with Crippen LogP contribution in [0.5, 0.6) is 11.5 Å². The van der Waals surface area contributed by atoms with Gasteiger partial charge >= 0.3 is 12.4 Å². The summed E-state index contributed by atoms with van der Waals surface area (Å²) < 4.78 is 106. The van der Waals surface area contributed by atoms with Crippen LogP contribution >= 0.6 is 11.8 Å². The number of hydrogen-bond donors (Lipinski definition) is 2. The molecule has 0 radical (unpaired) electrons. The highest BCUT2D eigenvalue weighted by Gasteiger charge is 2.42. The van der Waals surface area contributed by atoms with Crippen molar-refractivity contribution in [2.24, 2.45) is 0 Å². The summed E-state index contributed by atoms with van der Waals surface area (Å²) >= 11 is 0.281. The van der Waals surface area contributed by atoms with Gasteiger partial charge in [0.05, 0.1) is 24.3 Å². The van der Waals surface area contributed by atoms with Gasteiger partial charge in [0.2, 0.25) is 23.6 Å². The highest BCUT2D eigenvalue weighted by molar-refractivity contribution is 7.99.